The van der Waals surface area contributed by atoms with Crippen molar-refractivity contribution >= 4 is 34.8 Å². The maximum Gasteiger partial charge on any atom is 0.274 e. The summed E-state index contributed by atoms with van der Waals surface area (Å²) in [7, 11) is 0. The third kappa shape index (κ3) is 3.18. The van der Waals surface area contributed by atoms with Crippen molar-refractivity contribution in [2.45, 2.75) is 0 Å². The Bertz CT molecular complexity index is 584. The van der Waals surface area contributed by atoms with Crippen LogP contribution in [0.3, 0.4) is 0 Å². The van der Waals surface area contributed by atoms with E-state index in [0.29, 0.717) is 15.7 Å². The van der Waals surface area contributed by atoms with Crippen molar-refractivity contribution in [3.63, 3.8) is 0 Å². The topological polar surface area (TPSA) is 42.0 Å². The van der Waals surface area contributed by atoms with Gasteiger partial charge in [-0.05, 0) is 30.3 Å². The van der Waals surface area contributed by atoms with Crippen LogP contribution in [0.1, 0.15) is 10.5 Å². The van der Waals surface area contributed by atoms with E-state index in [1.165, 1.54) is 24.3 Å². The third-order valence-electron chi connectivity index (χ3n) is 2.07. The number of carbonyl (C=O) groups excluding carboxylic acids is 1. The van der Waals surface area contributed by atoms with E-state index in [1.54, 1.807) is 6.07 Å². The number of aromatic nitrogens is 1. The zero-order chi connectivity index (χ0) is 13.1. The molecule has 0 aliphatic rings. The molecule has 18 heavy (non-hydrogen) atoms. The minimum absolute atomic E-state index is 0.0221. The van der Waals surface area contributed by atoms with Crippen molar-refractivity contribution in [1.82, 2.24) is 4.98 Å². The molecule has 1 heterocycles. The van der Waals surface area contributed by atoms with Crippen LogP contribution in [-0.2, 0) is 0 Å². The highest BCUT2D eigenvalue weighted by atomic mass is 35.5. The summed E-state index contributed by atoms with van der Waals surface area (Å²) in [4.78, 5) is 15.2. The summed E-state index contributed by atoms with van der Waals surface area (Å²) in [6.45, 7) is 0. The molecular weight excluding hydrogens is 278 g/mol. The number of pyridine rings is 1. The van der Waals surface area contributed by atoms with E-state index < -0.39 is 11.9 Å². The molecule has 1 amide bonds. The molecule has 92 valence electrons. The van der Waals surface area contributed by atoms with Crippen LogP contribution in [0, 0.1) is 5.95 Å². The summed E-state index contributed by atoms with van der Waals surface area (Å²) >= 11 is 11.6. The number of hydrogen-bond donors (Lipinski definition) is 1. The van der Waals surface area contributed by atoms with Gasteiger partial charge in [-0.1, -0.05) is 29.3 Å². The second kappa shape index (κ2) is 5.33. The summed E-state index contributed by atoms with van der Waals surface area (Å²) in [6.07, 6.45) is 0. The van der Waals surface area contributed by atoms with Gasteiger partial charge in [0.15, 0.2) is 0 Å². The summed E-state index contributed by atoms with van der Waals surface area (Å²) in [5.41, 5.74) is 0.398. The zero-order valence-electron chi connectivity index (χ0n) is 8.95. The first kappa shape index (κ1) is 12.8. The monoisotopic (exact) mass is 284 g/mol. The maximum atomic E-state index is 12.9. The van der Waals surface area contributed by atoms with Crippen molar-refractivity contribution in [1.29, 1.82) is 0 Å². The first-order valence-electron chi connectivity index (χ1n) is 4.94. The van der Waals surface area contributed by atoms with Gasteiger partial charge >= 0.3 is 0 Å². The lowest BCUT2D eigenvalue weighted by atomic mass is 10.3. The van der Waals surface area contributed by atoms with E-state index in [2.05, 4.69) is 10.3 Å². The van der Waals surface area contributed by atoms with E-state index in [1.807, 2.05) is 0 Å². The Kier molecular flexibility index (Phi) is 3.79. The molecule has 2 aromatic rings. The molecule has 6 heteroatoms. The van der Waals surface area contributed by atoms with Gasteiger partial charge in [-0.15, -0.1) is 0 Å². The van der Waals surface area contributed by atoms with Gasteiger partial charge in [0, 0.05) is 15.7 Å². The number of rotatable bonds is 2. The van der Waals surface area contributed by atoms with Crippen molar-refractivity contribution in [3.8, 4) is 0 Å². The van der Waals surface area contributed by atoms with E-state index in [-0.39, 0.29) is 5.69 Å². The van der Waals surface area contributed by atoms with Crippen LogP contribution in [0.25, 0.3) is 0 Å². The normalized spacial score (nSPS) is 10.2. The van der Waals surface area contributed by atoms with Crippen LogP contribution >= 0.6 is 23.2 Å². The summed E-state index contributed by atoms with van der Waals surface area (Å²) in [6, 6.07) is 8.58. The fourth-order valence-corrected chi connectivity index (χ4v) is 1.88. The molecule has 0 aliphatic heterocycles. The third-order valence-corrected chi connectivity index (χ3v) is 2.50. The lowest BCUT2D eigenvalue weighted by Gasteiger charge is -2.05. The highest BCUT2D eigenvalue weighted by Crippen LogP contribution is 2.22. The lowest BCUT2D eigenvalue weighted by Crippen LogP contribution is -2.14. The first-order valence-corrected chi connectivity index (χ1v) is 5.70. The number of benzene rings is 1. The molecule has 0 bridgehead atoms. The first-order chi connectivity index (χ1) is 8.54. The van der Waals surface area contributed by atoms with Crippen LogP contribution in [0.5, 0.6) is 0 Å². The summed E-state index contributed by atoms with van der Waals surface area (Å²) < 4.78 is 12.9. The van der Waals surface area contributed by atoms with E-state index >= 15 is 0 Å². The van der Waals surface area contributed by atoms with Crippen molar-refractivity contribution in [2.75, 3.05) is 5.32 Å². The number of nitrogens with zero attached hydrogens (tertiary/aromatic N) is 1. The fraction of sp³-hybridized carbons (Fsp3) is 0. The van der Waals surface area contributed by atoms with E-state index in [4.69, 9.17) is 23.2 Å². The van der Waals surface area contributed by atoms with Gasteiger partial charge in [0.05, 0.1) is 0 Å². The van der Waals surface area contributed by atoms with Crippen LogP contribution in [0.4, 0.5) is 10.1 Å². The maximum absolute atomic E-state index is 12.9. The Labute approximate surface area is 113 Å². The molecule has 3 nitrogen and oxygen atoms in total. The molecule has 0 saturated carbocycles. The van der Waals surface area contributed by atoms with Crippen molar-refractivity contribution in [3.05, 3.63) is 58.1 Å². The number of amides is 1. The van der Waals surface area contributed by atoms with Crippen molar-refractivity contribution in [2.24, 2.45) is 0 Å². The highest BCUT2D eigenvalue weighted by Gasteiger charge is 2.09. The fourth-order valence-electron chi connectivity index (χ4n) is 1.36. The Morgan fingerprint density at radius 3 is 2.44 bits per heavy atom. The summed E-state index contributed by atoms with van der Waals surface area (Å²) in [5.74, 6) is -1.25. The average molecular weight is 285 g/mol. The number of nitrogens with one attached hydrogen (secondary N) is 1. The average Bonchev–Trinajstić information content (AvgIpc) is 2.27. The van der Waals surface area contributed by atoms with E-state index in [9.17, 15) is 9.18 Å². The SMILES string of the molecule is O=C(Nc1cc(Cl)cc(Cl)c1)c1cccc(F)n1. The molecule has 0 radical (unpaired) electrons. The molecule has 2 rings (SSSR count). The molecule has 0 unspecified atom stereocenters. The van der Waals surface area contributed by atoms with Crippen LogP contribution in [0.15, 0.2) is 36.4 Å². The molecular formula is C12H7Cl2FN2O. The van der Waals surface area contributed by atoms with Gasteiger partial charge < -0.3 is 5.32 Å². The molecule has 0 spiro atoms. The predicted molar refractivity (Wildman–Crippen MR) is 68.6 cm³/mol. The van der Waals surface area contributed by atoms with Gasteiger partial charge in [-0.25, -0.2) is 4.98 Å². The molecule has 1 N–H and O–H groups in total. The van der Waals surface area contributed by atoms with Gasteiger partial charge in [-0.2, -0.15) is 4.39 Å². The minimum atomic E-state index is -0.716. The molecule has 0 atom stereocenters. The Morgan fingerprint density at radius 2 is 1.83 bits per heavy atom. The predicted octanol–water partition coefficient (Wildman–Crippen LogP) is 3.78. The Balaban J connectivity index is 2.21. The molecule has 1 aromatic carbocycles. The van der Waals surface area contributed by atoms with Gasteiger partial charge in [0.2, 0.25) is 5.95 Å². The second-order valence-corrected chi connectivity index (χ2v) is 4.33. The van der Waals surface area contributed by atoms with Gasteiger partial charge in [0.25, 0.3) is 5.91 Å². The van der Waals surface area contributed by atoms with Crippen molar-refractivity contribution < 1.29 is 9.18 Å². The second-order valence-electron chi connectivity index (χ2n) is 3.46. The zero-order valence-corrected chi connectivity index (χ0v) is 10.5. The quantitative estimate of drug-likeness (QED) is 0.853. The largest absolute Gasteiger partial charge is 0.321 e. The van der Waals surface area contributed by atoms with Crippen LogP contribution < -0.4 is 5.32 Å². The minimum Gasteiger partial charge on any atom is -0.321 e. The van der Waals surface area contributed by atoms with Crippen LogP contribution in [-0.4, -0.2) is 10.9 Å². The molecule has 0 aliphatic carbocycles. The smallest absolute Gasteiger partial charge is 0.274 e. The molecule has 1 aromatic heterocycles. The van der Waals surface area contributed by atoms with Gasteiger partial charge in [-0.3, -0.25) is 4.79 Å². The Morgan fingerprint density at radius 1 is 1.17 bits per heavy atom. The van der Waals surface area contributed by atoms with Gasteiger partial charge in [0.1, 0.15) is 5.69 Å². The van der Waals surface area contributed by atoms with Crippen LogP contribution in [0.2, 0.25) is 10.0 Å². The standard InChI is InChI=1S/C12H7Cl2FN2O/c13-7-4-8(14)6-9(5-7)16-12(18)10-2-1-3-11(15)17-10/h1-6H,(H,16,18). The molecule has 0 saturated heterocycles. The molecule has 0 fully saturated rings. The highest BCUT2D eigenvalue weighted by molar-refractivity contribution is 6.35. The Hall–Kier alpha value is -1.65. The number of carbonyl (C=O) groups is 1. The number of halogens is 3. The summed E-state index contributed by atoms with van der Waals surface area (Å²) in [5, 5.41) is 3.32. The lowest BCUT2D eigenvalue weighted by molar-refractivity contribution is 0.102. The number of anilines is 1. The number of hydrogen-bond acceptors (Lipinski definition) is 2. The van der Waals surface area contributed by atoms with E-state index in [0.717, 1.165) is 6.07 Å².